The second kappa shape index (κ2) is 14.6. The second-order valence-corrected chi connectivity index (χ2v) is 10.8. The number of carbonyl (C=O) groups excluding carboxylic acids is 4. The summed E-state index contributed by atoms with van der Waals surface area (Å²) < 4.78 is 10.3. The zero-order valence-electron chi connectivity index (χ0n) is 23.8. The van der Waals surface area contributed by atoms with Crippen LogP contribution in [0.4, 0.5) is 4.79 Å². The van der Waals surface area contributed by atoms with E-state index in [1.165, 1.54) is 4.90 Å². The number of nitrogens with zero attached hydrogens (tertiary/aromatic N) is 1. The second-order valence-electron chi connectivity index (χ2n) is 10.8. The van der Waals surface area contributed by atoms with Crippen LogP contribution in [0.3, 0.4) is 0 Å². The Kier molecular flexibility index (Phi) is 12.6. The molecule has 0 bridgehead atoms. The van der Waals surface area contributed by atoms with Crippen molar-refractivity contribution in [2.75, 3.05) is 13.2 Å². The van der Waals surface area contributed by atoms with E-state index in [9.17, 15) is 19.2 Å². The molecule has 2 unspecified atom stereocenters. The lowest BCUT2D eigenvalue weighted by Gasteiger charge is -2.37. The lowest BCUT2D eigenvalue weighted by Crippen LogP contribution is -2.55. The van der Waals surface area contributed by atoms with Crippen LogP contribution in [-0.4, -0.2) is 59.6 Å². The minimum Gasteiger partial charge on any atom is -0.466 e. The van der Waals surface area contributed by atoms with E-state index in [2.05, 4.69) is 10.6 Å². The molecule has 0 saturated carbocycles. The van der Waals surface area contributed by atoms with E-state index in [-0.39, 0.29) is 37.4 Å². The number of hydrogen-bond acceptors (Lipinski definition) is 6. The minimum atomic E-state index is -0.967. The number of nitrogens with one attached hydrogen (secondary N) is 2. The summed E-state index contributed by atoms with van der Waals surface area (Å²) in [4.78, 5) is 53.3. The van der Waals surface area contributed by atoms with Crippen LogP contribution in [0.5, 0.6) is 0 Å². The van der Waals surface area contributed by atoms with Crippen LogP contribution in [0, 0.1) is 12.8 Å². The fourth-order valence-electron chi connectivity index (χ4n) is 3.81. The summed E-state index contributed by atoms with van der Waals surface area (Å²) in [6.07, 6.45) is -0.306. The Labute approximate surface area is 221 Å². The topological polar surface area (TPSA) is 114 Å². The third-order valence-corrected chi connectivity index (χ3v) is 5.36. The Balaban J connectivity index is 3.35. The van der Waals surface area contributed by atoms with Crippen molar-refractivity contribution in [3.8, 4) is 0 Å². The molecule has 0 heterocycles. The average molecular weight is 520 g/mol. The highest BCUT2D eigenvalue weighted by Crippen LogP contribution is 2.26. The summed E-state index contributed by atoms with van der Waals surface area (Å²) in [7, 11) is 0. The molecule has 0 aliphatic rings. The van der Waals surface area contributed by atoms with E-state index >= 15 is 0 Å². The van der Waals surface area contributed by atoms with Gasteiger partial charge in [0.25, 0.3) is 0 Å². The third-order valence-electron chi connectivity index (χ3n) is 5.36. The van der Waals surface area contributed by atoms with Crippen LogP contribution in [-0.2, 0) is 23.9 Å². The van der Waals surface area contributed by atoms with E-state index < -0.39 is 35.7 Å². The molecular weight excluding hydrogens is 474 g/mol. The van der Waals surface area contributed by atoms with Crippen molar-refractivity contribution in [2.24, 2.45) is 5.92 Å². The molecule has 1 aromatic carbocycles. The van der Waals surface area contributed by atoms with Crippen molar-refractivity contribution >= 4 is 23.9 Å². The van der Waals surface area contributed by atoms with Crippen LogP contribution in [0.1, 0.15) is 85.4 Å². The van der Waals surface area contributed by atoms with E-state index in [1.807, 2.05) is 58.9 Å². The standard InChI is InChI=1S/C28H45N3O6/c1-10-36-23(32)15-16-29-25(33)24(21-13-11-20(6)12-14-21)31(19(4)5)26(34)22(17-18(2)3)30-27(35)37-28(7,8)9/h11-14,18-19,22,24H,10,15-17H2,1-9H3,(H,29,33)(H,30,35). The van der Waals surface area contributed by atoms with Crippen molar-refractivity contribution in [3.63, 3.8) is 0 Å². The first-order valence-corrected chi connectivity index (χ1v) is 13.0. The monoisotopic (exact) mass is 519 g/mol. The van der Waals surface area contributed by atoms with Gasteiger partial charge in [-0.25, -0.2) is 4.79 Å². The number of carbonyl (C=O) groups is 4. The van der Waals surface area contributed by atoms with Crippen molar-refractivity contribution in [2.45, 2.75) is 98.9 Å². The molecule has 1 rings (SSSR count). The van der Waals surface area contributed by atoms with E-state index in [4.69, 9.17) is 9.47 Å². The van der Waals surface area contributed by atoms with E-state index in [0.29, 0.717) is 12.0 Å². The number of hydrogen-bond donors (Lipinski definition) is 2. The summed E-state index contributed by atoms with van der Waals surface area (Å²) in [5.41, 5.74) is 0.912. The zero-order valence-corrected chi connectivity index (χ0v) is 23.8. The van der Waals surface area contributed by atoms with Gasteiger partial charge in [0.2, 0.25) is 11.8 Å². The van der Waals surface area contributed by atoms with Crippen molar-refractivity contribution in [1.82, 2.24) is 15.5 Å². The maximum absolute atomic E-state index is 14.0. The Hall–Kier alpha value is -3.10. The summed E-state index contributed by atoms with van der Waals surface area (Å²) in [6, 6.07) is 5.15. The van der Waals surface area contributed by atoms with Crippen LogP contribution in [0.15, 0.2) is 24.3 Å². The van der Waals surface area contributed by atoms with Gasteiger partial charge in [0.05, 0.1) is 13.0 Å². The van der Waals surface area contributed by atoms with Crippen molar-refractivity contribution in [1.29, 1.82) is 0 Å². The molecule has 2 atom stereocenters. The summed E-state index contributed by atoms with van der Waals surface area (Å²) >= 11 is 0. The first kappa shape index (κ1) is 31.9. The molecule has 0 saturated heterocycles. The maximum atomic E-state index is 14.0. The molecule has 0 fully saturated rings. The fraction of sp³-hybridized carbons (Fsp3) is 0.643. The number of alkyl carbamates (subject to hydrolysis) is 1. The van der Waals surface area contributed by atoms with Gasteiger partial charge in [0.1, 0.15) is 17.7 Å². The zero-order chi connectivity index (χ0) is 28.3. The predicted molar refractivity (Wildman–Crippen MR) is 143 cm³/mol. The van der Waals surface area contributed by atoms with Crippen molar-refractivity contribution < 1.29 is 28.7 Å². The summed E-state index contributed by atoms with van der Waals surface area (Å²) in [6.45, 7) is 16.8. The van der Waals surface area contributed by atoms with Gasteiger partial charge in [-0.1, -0.05) is 43.7 Å². The predicted octanol–water partition coefficient (Wildman–Crippen LogP) is 4.28. The highest BCUT2D eigenvalue weighted by molar-refractivity contribution is 5.92. The van der Waals surface area contributed by atoms with Gasteiger partial charge in [-0.05, 0) is 66.4 Å². The number of benzene rings is 1. The molecular formula is C28H45N3O6. The van der Waals surface area contributed by atoms with Crippen molar-refractivity contribution in [3.05, 3.63) is 35.4 Å². The van der Waals surface area contributed by atoms with Crippen LogP contribution >= 0.6 is 0 Å². The largest absolute Gasteiger partial charge is 0.466 e. The molecule has 1 aromatic rings. The number of aryl methyl sites for hydroxylation is 1. The van der Waals surface area contributed by atoms with Crippen LogP contribution < -0.4 is 10.6 Å². The minimum absolute atomic E-state index is 0.0198. The van der Waals surface area contributed by atoms with E-state index in [1.54, 1.807) is 27.7 Å². The molecule has 0 radical (unpaired) electrons. The number of rotatable bonds is 12. The Morgan fingerprint density at radius 1 is 1.00 bits per heavy atom. The lowest BCUT2D eigenvalue weighted by molar-refractivity contribution is -0.145. The summed E-state index contributed by atoms with van der Waals surface area (Å²) in [5.74, 6) is -1.13. The number of ether oxygens (including phenoxy) is 2. The number of esters is 1. The molecule has 0 spiro atoms. The summed E-state index contributed by atoms with van der Waals surface area (Å²) in [5, 5.41) is 5.50. The normalized spacial score (nSPS) is 13.1. The first-order chi connectivity index (χ1) is 17.2. The SMILES string of the molecule is CCOC(=O)CCNC(=O)C(c1ccc(C)cc1)N(C(=O)C(CC(C)C)NC(=O)OC(C)(C)C)C(C)C. The lowest BCUT2D eigenvalue weighted by atomic mass is 9.97. The van der Waals surface area contributed by atoms with Gasteiger partial charge in [0.15, 0.2) is 0 Å². The van der Waals surface area contributed by atoms with Gasteiger partial charge in [-0.3, -0.25) is 14.4 Å². The molecule has 0 aliphatic carbocycles. The molecule has 2 N–H and O–H groups in total. The molecule has 9 heteroatoms. The Morgan fingerprint density at radius 3 is 2.08 bits per heavy atom. The highest BCUT2D eigenvalue weighted by atomic mass is 16.6. The fourth-order valence-corrected chi connectivity index (χ4v) is 3.81. The van der Waals surface area contributed by atoms with Gasteiger partial charge >= 0.3 is 12.1 Å². The average Bonchev–Trinajstić information content (AvgIpc) is 2.75. The van der Waals surface area contributed by atoms with Gasteiger partial charge in [-0.2, -0.15) is 0 Å². The quantitative estimate of drug-likeness (QED) is 0.399. The van der Waals surface area contributed by atoms with Crippen LogP contribution in [0.2, 0.25) is 0 Å². The highest BCUT2D eigenvalue weighted by Gasteiger charge is 2.38. The van der Waals surface area contributed by atoms with Gasteiger partial charge < -0.3 is 25.0 Å². The first-order valence-electron chi connectivity index (χ1n) is 13.0. The third kappa shape index (κ3) is 11.2. The molecule has 208 valence electrons. The van der Waals surface area contributed by atoms with Gasteiger partial charge in [-0.15, -0.1) is 0 Å². The molecule has 9 nitrogen and oxygen atoms in total. The molecule has 37 heavy (non-hydrogen) atoms. The molecule has 0 aliphatic heterocycles. The Morgan fingerprint density at radius 2 is 1.59 bits per heavy atom. The van der Waals surface area contributed by atoms with Crippen LogP contribution in [0.25, 0.3) is 0 Å². The van der Waals surface area contributed by atoms with E-state index in [0.717, 1.165) is 5.56 Å². The Bertz CT molecular complexity index is 905. The smallest absolute Gasteiger partial charge is 0.408 e. The maximum Gasteiger partial charge on any atom is 0.408 e. The number of amides is 3. The van der Waals surface area contributed by atoms with Gasteiger partial charge in [0, 0.05) is 12.6 Å². The molecule has 3 amide bonds. The molecule has 0 aromatic heterocycles.